The number of hydrogen-bond donors (Lipinski definition) is 5. The molecule has 1 heterocycles. The van der Waals surface area contributed by atoms with Crippen LogP contribution in [0.3, 0.4) is 0 Å². The molecule has 4 atom stereocenters. The van der Waals surface area contributed by atoms with E-state index in [-0.39, 0.29) is 32.1 Å². The third kappa shape index (κ3) is 4.55. The second kappa shape index (κ2) is 8.23. The first-order valence-electron chi connectivity index (χ1n) is 8.09. The van der Waals surface area contributed by atoms with Crippen LogP contribution in [0.2, 0.25) is 0 Å². The van der Waals surface area contributed by atoms with Gasteiger partial charge in [-0.15, -0.1) is 0 Å². The van der Waals surface area contributed by atoms with Crippen LogP contribution in [0.25, 0.3) is 0 Å². The zero-order chi connectivity index (χ0) is 19.4. The van der Waals surface area contributed by atoms with Crippen LogP contribution < -0.4 is 16.6 Å². The van der Waals surface area contributed by atoms with Crippen LogP contribution in [-0.2, 0) is 9.59 Å². The molecule has 1 saturated carbocycles. The highest BCUT2D eigenvalue weighted by molar-refractivity contribution is 5.77. The quantitative estimate of drug-likeness (QED) is 0.404. The van der Waals surface area contributed by atoms with Gasteiger partial charge >= 0.3 is 11.7 Å². The highest BCUT2D eigenvalue weighted by Crippen LogP contribution is 2.28. The zero-order valence-electron chi connectivity index (χ0n) is 13.7. The van der Waals surface area contributed by atoms with Crippen molar-refractivity contribution in [2.24, 2.45) is 0 Å². The van der Waals surface area contributed by atoms with Crippen LogP contribution in [0.5, 0.6) is 0 Å². The molecular weight excluding hydrogens is 353 g/mol. The van der Waals surface area contributed by atoms with Crippen molar-refractivity contribution in [2.45, 2.75) is 56.4 Å². The molecule has 26 heavy (non-hydrogen) atoms. The molecule has 1 amide bonds. The number of H-pyrrole nitrogens is 1. The Morgan fingerprint density at radius 1 is 1.23 bits per heavy atom. The van der Waals surface area contributed by atoms with Crippen LogP contribution in [0.1, 0.15) is 38.1 Å². The minimum atomic E-state index is -1.48. The minimum Gasteiger partial charge on any atom is -0.481 e. The SMILES string of the molecule is O=C(O)CCCC(=O)N[C@@H]1CC[C@@H](n2cc(F)c(=O)[nH]c2=O)[C@@H](O)[C@@H]1O. The Morgan fingerprint density at radius 2 is 1.92 bits per heavy atom. The van der Waals surface area contributed by atoms with E-state index in [1.54, 1.807) is 4.98 Å². The molecule has 0 unspecified atom stereocenters. The second-order valence-electron chi connectivity index (χ2n) is 6.19. The fourth-order valence-electron chi connectivity index (χ4n) is 3.00. The maximum absolute atomic E-state index is 13.4. The van der Waals surface area contributed by atoms with Gasteiger partial charge in [-0.05, 0) is 19.3 Å². The molecule has 1 aromatic heterocycles. The van der Waals surface area contributed by atoms with Gasteiger partial charge in [-0.2, -0.15) is 4.39 Å². The Morgan fingerprint density at radius 3 is 2.58 bits per heavy atom. The van der Waals surface area contributed by atoms with Gasteiger partial charge in [-0.25, -0.2) is 4.79 Å². The Labute approximate surface area is 146 Å². The van der Waals surface area contributed by atoms with Crippen molar-refractivity contribution in [3.63, 3.8) is 0 Å². The molecule has 1 aliphatic rings. The number of carbonyl (C=O) groups excluding carboxylic acids is 1. The van der Waals surface area contributed by atoms with E-state index in [0.29, 0.717) is 6.20 Å². The number of aromatic amines is 1. The van der Waals surface area contributed by atoms with Gasteiger partial charge in [0.05, 0.1) is 18.3 Å². The van der Waals surface area contributed by atoms with Gasteiger partial charge in [0.15, 0.2) is 0 Å². The van der Waals surface area contributed by atoms with Crippen molar-refractivity contribution in [1.29, 1.82) is 0 Å². The fourth-order valence-corrected chi connectivity index (χ4v) is 3.00. The predicted octanol–water partition coefficient (Wildman–Crippen LogP) is -1.53. The van der Waals surface area contributed by atoms with Gasteiger partial charge in [0.1, 0.15) is 12.2 Å². The predicted molar refractivity (Wildman–Crippen MR) is 85.0 cm³/mol. The first-order valence-corrected chi connectivity index (χ1v) is 8.09. The number of amides is 1. The average Bonchev–Trinajstić information content (AvgIpc) is 2.55. The summed E-state index contributed by atoms with van der Waals surface area (Å²) in [5.74, 6) is -2.68. The Bertz CT molecular complexity index is 790. The first-order chi connectivity index (χ1) is 12.2. The summed E-state index contributed by atoms with van der Waals surface area (Å²) in [6.07, 6.45) is -1.95. The number of aliphatic carboxylic acids is 1. The molecule has 0 bridgehead atoms. The van der Waals surface area contributed by atoms with Crippen molar-refractivity contribution < 1.29 is 29.3 Å². The standard InChI is InChI=1S/C15H20FN3O7/c16-7-6-19(15(26)18-14(7)25)9-5-4-8(12(23)13(9)24)17-10(20)2-1-3-11(21)22/h6,8-9,12-13,23-24H,1-5H2,(H,17,20)(H,21,22)(H,18,25,26)/t8-,9-,12-,13-/m1/s1. The summed E-state index contributed by atoms with van der Waals surface area (Å²) in [6, 6.07) is -1.76. The lowest BCUT2D eigenvalue weighted by molar-refractivity contribution is -0.137. The highest BCUT2D eigenvalue weighted by Gasteiger charge is 2.39. The van der Waals surface area contributed by atoms with Crippen molar-refractivity contribution in [2.75, 3.05) is 0 Å². The zero-order valence-corrected chi connectivity index (χ0v) is 13.7. The van der Waals surface area contributed by atoms with Crippen LogP contribution in [-0.4, -0.2) is 55.0 Å². The Balaban J connectivity index is 2.02. The van der Waals surface area contributed by atoms with E-state index < -0.39 is 53.2 Å². The van der Waals surface area contributed by atoms with Gasteiger partial charge in [-0.1, -0.05) is 0 Å². The van der Waals surface area contributed by atoms with Crippen LogP contribution in [0, 0.1) is 5.82 Å². The van der Waals surface area contributed by atoms with Crippen LogP contribution in [0.4, 0.5) is 4.39 Å². The molecule has 1 aromatic rings. The molecule has 10 nitrogen and oxygen atoms in total. The number of carboxylic acids is 1. The van der Waals surface area contributed by atoms with Gasteiger partial charge in [0.25, 0.3) is 5.56 Å². The van der Waals surface area contributed by atoms with E-state index >= 15 is 0 Å². The molecule has 11 heteroatoms. The summed E-state index contributed by atoms with van der Waals surface area (Å²) in [7, 11) is 0. The van der Waals surface area contributed by atoms with Crippen molar-refractivity contribution in [1.82, 2.24) is 14.9 Å². The van der Waals surface area contributed by atoms with E-state index in [0.717, 1.165) is 4.57 Å². The monoisotopic (exact) mass is 373 g/mol. The summed E-state index contributed by atoms with van der Waals surface area (Å²) in [5, 5.41) is 31.5. The maximum atomic E-state index is 13.4. The molecule has 0 aliphatic heterocycles. The number of aliphatic hydroxyl groups excluding tert-OH is 2. The van der Waals surface area contributed by atoms with E-state index in [2.05, 4.69) is 5.32 Å². The smallest absolute Gasteiger partial charge is 0.328 e. The number of nitrogens with zero attached hydrogens (tertiary/aromatic N) is 1. The third-order valence-corrected chi connectivity index (χ3v) is 4.35. The highest BCUT2D eigenvalue weighted by atomic mass is 19.1. The molecule has 5 N–H and O–H groups in total. The van der Waals surface area contributed by atoms with E-state index in [9.17, 15) is 33.8 Å². The number of hydrogen-bond acceptors (Lipinski definition) is 6. The number of aromatic nitrogens is 2. The number of carbonyl (C=O) groups is 2. The maximum Gasteiger partial charge on any atom is 0.328 e. The Kier molecular flexibility index (Phi) is 6.27. The summed E-state index contributed by atoms with van der Waals surface area (Å²) in [4.78, 5) is 46.9. The minimum absolute atomic E-state index is 0.0420. The van der Waals surface area contributed by atoms with Crippen molar-refractivity contribution >= 4 is 11.9 Å². The topological polar surface area (TPSA) is 162 Å². The summed E-state index contributed by atoms with van der Waals surface area (Å²) in [5.41, 5.74) is -2.09. The molecular formula is C15H20FN3O7. The molecule has 2 rings (SSSR count). The second-order valence-corrected chi connectivity index (χ2v) is 6.19. The molecule has 1 aliphatic carbocycles. The third-order valence-electron chi connectivity index (χ3n) is 4.35. The van der Waals surface area contributed by atoms with Crippen molar-refractivity contribution in [3.05, 3.63) is 32.9 Å². The summed E-state index contributed by atoms with van der Waals surface area (Å²) >= 11 is 0. The van der Waals surface area contributed by atoms with Gasteiger partial charge in [-0.3, -0.25) is 23.9 Å². The molecule has 0 radical (unpaired) electrons. The van der Waals surface area contributed by atoms with Gasteiger partial charge in [0.2, 0.25) is 11.7 Å². The average molecular weight is 373 g/mol. The lowest BCUT2D eigenvalue weighted by atomic mass is 9.85. The molecule has 0 aromatic carbocycles. The number of halogens is 1. The number of rotatable bonds is 6. The number of aliphatic hydroxyl groups is 2. The first kappa shape index (κ1) is 19.8. The van der Waals surface area contributed by atoms with E-state index in [4.69, 9.17) is 5.11 Å². The van der Waals surface area contributed by atoms with Crippen molar-refractivity contribution in [3.8, 4) is 0 Å². The molecule has 144 valence electrons. The Hall–Kier alpha value is -2.53. The number of nitrogens with one attached hydrogen (secondary N) is 2. The number of carboxylic acid groups (broad SMARTS) is 1. The molecule has 0 saturated heterocycles. The molecule has 1 fully saturated rings. The fraction of sp³-hybridized carbons (Fsp3) is 0.600. The normalized spacial score (nSPS) is 25.7. The van der Waals surface area contributed by atoms with Gasteiger partial charge in [0, 0.05) is 12.8 Å². The van der Waals surface area contributed by atoms with E-state index in [1.807, 2.05) is 0 Å². The largest absolute Gasteiger partial charge is 0.481 e. The summed E-state index contributed by atoms with van der Waals surface area (Å²) < 4.78 is 14.2. The lowest BCUT2D eigenvalue weighted by Crippen LogP contribution is -2.55. The van der Waals surface area contributed by atoms with Gasteiger partial charge < -0.3 is 20.6 Å². The summed E-state index contributed by atoms with van der Waals surface area (Å²) in [6.45, 7) is 0. The lowest BCUT2D eigenvalue weighted by Gasteiger charge is -2.38. The van der Waals surface area contributed by atoms with E-state index in [1.165, 1.54) is 0 Å². The molecule has 0 spiro atoms. The van der Waals surface area contributed by atoms with Crippen LogP contribution in [0.15, 0.2) is 15.8 Å². The van der Waals surface area contributed by atoms with Crippen LogP contribution >= 0.6 is 0 Å².